The number of rotatable bonds is 2. The zero-order valence-electron chi connectivity index (χ0n) is 16.2. The standard InChI is InChI=1S/C25H18N3O/c1-16-11-12-19-7-3-5-9-22(19)28(16)23-14-18(15-26)13-21(17(23)2)25-20-8-4-6-10-24(20)29-27-25/h3-14H,1-2H3/q+1. The molecule has 0 radical (unpaired) electrons. The molecular formula is C25H18N3O+. The van der Waals surface area contributed by atoms with Crippen molar-refractivity contribution in [3.05, 3.63) is 89.6 Å². The van der Waals surface area contributed by atoms with Crippen molar-refractivity contribution >= 4 is 21.9 Å². The van der Waals surface area contributed by atoms with Gasteiger partial charge in [-0.2, -0.15) is 9.83 Å². The highest BCUT2D eigenvalue weighted by Crippen LogP contribution is 2.33. The van der Waals surface area contributed by atoms with Crippen LogP contribution in [0, 0.1) is 25.2 Å². The van der Waals surface area contributed by atoms with Crippen molar-refractivity contribution in [3.63, 3.8) is 0 Å². The van der Waals surface area contributed by atoms with E-state index < -0.39 is 0 Å². The van der Waals surface area contributed by atoms with Gasteiger partial charge in [0.1, 0.15) is 5.69 Å². The quantitative estimate of drug-likeness (QED) is 0.387. The lowest BCUT2D eigenvalue weighted by molar-refractivity contribution is -0.574. The summed E-state index contributed by atoms with van der Waals surface area (Å²) < 4.78 is 7.74. The first-order valence-electron chi connectivity index (χ1n) is 9.47. The van der Waals surface area contributed by atoms with Gasteiger partial charge in [0.05, 0.1) is 11.6 Å². The summed E-state index contributed by atoms with van der Waals surface area (Å²) in [5, 5.41) is 16.1. The van der Waals surface area contributed by atoms with Gasteiger partial charge in [-0.1, -0.05) is 29.4 Å². The third-order valence-corrected chi connectivity index (χ3v) is 5.42. The lowest BCUT2D eigenvalue weighted by atomic mass is 9.97. The summed E-state index contributed by atoms with van der Waals surface area (Å²) >= 11 is 0. The molecule has 0 bridgehead atoms. The lowest BCUT2D eigenvalue weighted by Gasteiger charge is -2.10. The van der Waals surface area contributed by atoms with Gasteiger partial charge < -0.3 is 4.52 Å². The second-order valence-electron chi connectivity index (χ2n) is 7.18. The molecule has 3 aromatic carbocycles. The zero-order chi connectivity index (χ0) is 20.0. The molecular weight excluding hydrogens is 358 g/mol. The number of hydrogen-bond donors (Lipinski definition) is 0. The Labute approximate surface area is 168 Å². The van der Waals surface area contributed by atoms with Crippen LogP contribution in [0.3, 0.4) is 0 Å². The van der Waals surface area contributed by atoms with E-state index in [-0.39, 0.29) is 0 Å². The number of nitrogens with zero attached hydrogens (tertiary/aromatic N) is 3. The Balaban J connectivity index is 1.86. The van der Waals surface area contributed by atoms with Gasteiger partial charge in [-0.15, -0.1) is 0 Å². The summed E-state index contributed by atoms with van der Waals surface area (Å²) in [7, 11) is 0. The molecule has 0 atom stereocenters. The minimum Gasteiger partial charge on any atom is -0.356 e. The molecule has 5 rings (SSSR count). The van der Waals surface area contributed by atoms with Gasteiger partial charge in [-0.25, -0.2) is 0 Å². The molecule has 4 heteroatoms. The van der Waals surface area contributed by atoms with Crippen LogP contribution in [-0.2, 0) is 0 Å². The topological polar surface area (TPSA) is 53.7 Å². The number of benzene rings is 3. The lowest BCUT2D eigenvalue weighted by Crippen LogP contribution is -2.36. The smallest absolute Gasteiger partial charge is 0.218 e. The first-order valence-corrected chi connectivity index (χ1v) is 9.47. The molecule has 5 aromatic rings. The average Bonchev–Trinajstić information content (AvgIpc) is 3.18. The minimum atomic E-state index is 0.590. The van der Waals surface area contributed by atoms with E-state index in [9.17, 15) is 5.26 Å². The minimum absolute atomic E-state index is 0.590. The molecule has 0 saturated heterocycles. The first-order chi connectivity index (χ1) is 14.2. The van der Waals surface area contributed by atoms with Crippen molar-refractivity contribution in [1.82, 2.24) is 5.16 Å². The van der Waals surface area contributed by atoms with Crippen LogP contribution in [0.2, 0.25) is 0 Å². The molecule has 138 valence electrons. The van der Waals surface area contributed by atoms with Gasteiger partial charge in [0.25, 0.3) is 0 Å². The van der Waals surface area contributed by atoms with Crippen molar-refractivity contribution in [2.24, 2.45) is 0 Å². The van der Waals surface area contributed by atoms with Crippen LogP contribution in [0.4, 0.5) is 0 Å². The van der Waals surface area contributed by atoms with Crippen molar-refractivity contribution in [2.75, 3.05) is 0 Å². The number of aromatic nitrogens is 2. The van der Waals surface area contributed by atoms with E-state index in [1.165, 1.54) is 0 Å². The van der Waals surface area contributed by atoms with E-state index in [2.05, 4.69) is 53.9 Å². The highest BCUT2D eigenvalue weighted by molar-refractivity contribution is 5.93. The third kappa shape index (κ3) is 2.67. The van der Waals surface area contributed by atoms with Gasteiger partial charge in [0.15, 0.2) is 11.3 Å². The van der Waals surface area contributed by atoms with Crippen LogP contribution in [0.15, 0.2) is 77.3 Å². The normalized spacial score (nSPS) is 11.1. The highest BCUT2D eigenvalue weighted by Gasteiger charge is 2.23. The van der Waals surface area contributed by atoms with E-state index in [0.717, 1.165) is 50.1 Å². The van der Waals surface area contributed by atoms with Gasteiger partial charge in [-0.3, -0.25) is 0 Å². The maximum Gasteiger partial charge on any atom is 0.218 e. The summed E-state index contributed by atoms with van der Waals surface area (Å²) in [6.07, 6.45) is 0. The van der Waals surface area contributed by atoms with Gasteiger partial charge in [0.2, 0.25) is 11.2 Å². The number of nitriles is 1. The number of hydrogen-bond acceptors (Lipinski definition) is 3. The van der Waals surface area contributed by atoms with Crippen LogP contribution < -0.4 is 4.57 Å². The second kappa shape index (κ2) is 6.57. The fourth-order valence-electron chi connectivity index (χ4n) is 3.95. The third-order valence-electron chi connectivity index (χ3n) is 5.42. The molecule has 0 spiro atoms. The summed E-state index contributed by atoms with van der Waals surface area (Å²) in [4.78, 5) is 0. The maximum atomic E-state index is 9.71. The number of fused-ring (bicyclic) bond motifs is 2. The van der Waals surface area contributed by atoms with Crippen LogP contribution in [0.5, 0.6) is 0 Å². The van der Waals surface area contributed by atoms with Gasteiger partial charge in [-0.05, 0) is 37.3 Å². The summed E-state index contributed by atoms with van der Waals surface area (Å²) in [5.74, 6) is 0. The fourth-order valence-corrected chi connectivity index (χ4v) is 3.95. The summed E-state index contributed by atoms with van der Waals surface area (Å²) in [6, 6.07) is 26.4. The monoisotopic (exact) mass is 376 g/mol. The molecule has 29 heavy (non-hydrogen) atoms. The Morgan fingerprint density at radius 1 is 0.931 bits per heavy atom. The van der Waals surface area contributed by atoms with Crippen molar-refractivity contribution in [2.45, 2.75) is 13.8 Å². The number of para-hydroxylation sites is 2. The Bertz CT molecular complexity index is 1440. The Morgan fingerprint density at radius 2 is 1.72 bits per heavy atom. The molecule has 4 nitrogen and oxygen atoms in total. The molecule has 0 fully saturated rings. The molecule has 0 unspecified atom stereocenters. The Kier molecular flexibility index (Phi) is 3.89. The Morgan fingerprint density at radius 3 is 2.59 bits per heavy atom. The number of pyridine rings is 1. The van der Waals surface area contributed by atoms with Crippen LogP contribution in [0.1, 0.15) is 16.8 Å². The molecule has 0 N–H and O–H groups in total. The van der Waals surface area contributed by atoms with Crippen molar-refractivity contribution in [1.29, 1.82) is 5.26 Å². The zero-order valence-corrected chi connectivity index (χ0v) is 16.2. The van der Waals surface area contributed by atoms with Crippen LogP contribution in [-0.4, -0.2) is 5.16 Å². The molecule has 0 saturated carbocycles. The predicted octanol–water partition coefficient (Wildman–Crippen LogP) is 5.41. The van der Waals surface area contributed by atoms with E-state index in [1.54, 1.807) is 0 Å². The molecule has 0 aliphatic rings. The summed E-state index contributed by atoms with van der Waals surface area (Å²) in [5.41, 5.74) is 7.21. The Hall–Kier alpha value is -3.97. The molecule has 0 aliphatic carbocycles. The molecule has 2 aromatic heterocycles. The van der Waals surface area contributed by atoms with E-state index in [1.807, 2.05) is 48.5 Å². The SMILES string of the molecule is Cc1c(-c2noc3ccccc23)cc(C#N)cc1-[n+]1c(C)ccc2ccccc21. The largest absolute Gasteiger partial charge is 0.356 e. The van der Waals surface area contributed by atoms with Crippen LogP contribution >= 0.6 is 0 Å². The van der Waals surface area contributed by atoms with Crippen molar-refractivity contribution < 1.29 is 9.09 Å². The number of aryl methyl sites for hydroxylation is 1. The first kappa shape index (κ1) is 17.2. The van der Waals surface area contributed by atoms with E-state index >= 15 is 0 Å². The molecule has 0 aliphatic heterocycles. The second-order valence-corrected chi connectivity index (χ2v) is 7.18. The molecule has 2 heterocycles. The maximum absolute atomic E-state index is 9.71. The fraction of sp³-hybridized carbons (Fsp3) is 0.0800. The summed E-state index contributed by atoms with van der Waals surface area (Å²) in [6.45, 7) is 4.15. The molecule has 0 amide bonds. The van der Waals surface area contributed by atoms with E-state index in [4.69, 9.17) is 4.52 Å². The average molecular weight is 376 g/mol. The van der Waals surface area contributed by atoms with Gasteiger partial charge in [0, 0.05) is 47.0 Å². The van der Waals surface area contributed by atoms with Crippen molar-refractivity contribution in [3.8, 4) is 23.0 Å². The highest BCUT2D eigenvalue weighted by atomic mass is 16.5. The van der Waals surface area contributed by atoms with Crippen LogP contribution in [0.25, 0.3) is 38.8 Å². The van der Waals surface area contributed by atoms with E-state index in [0.29, 0.717) is 5.56 Å². The van der Waals surface area contributed by atoms with Gasteiger partial charge >= 0.3 is 0 Å². The predicted molar refractivity (Wildman–Crippen MR) is 113 cm³/mol.